The second kappa shape index (κ2) is 5.76. The molecule has 0 atom stereocenters. The maximum absolute atomic E-state index is 11.4. The Morgan fingerprint density at radius 2 is 1.89 bits per heavy atom. The minimum atomic E-state index is -0.374. The molecule has 0 aliphatic carbocycles. The third kappa shape index (κ3) is 3.37. The minimum Gasteiger partial charge on any atom is -0.336 e. The fourth-order valence-corrected chi connectivity index (χ4v) is 2.59. The number of nitrogens with zero attached hydrogens (tertiary/aromatic N) is 4. The normalized spacial score (nSPS) is 22.4. The molecule has 2 fully saturated rings. The van der Waals surface area contributed by atoms with Crippen LogP contribution in [0.5, 0.6) is 0 Å². The summed E-state index contributed by atoms with van der Waals surface area (Å²) in [7, 11) is 0. The van der Waals surface area contributed by atoms with E-state index in [4.69, 9.17) is 5.26 Å². The molecule has 19 heavy (non-hydrogen) atoms. The van der Waals surface area contributed by atoms with Crippen LogP contribution in [-0.2, 0) is 0 Å². The fourth-order valence-electron chi connectivity index (χ4n) is 2.59. The summed E-state index contributed by atoms with van der Waals surface area (Å²) < 4.78 is 0. The van der Waals surface area contributed by atoms with Gasteiger partial charge in [0.1, 0.15) is 5.54 Å². The number of carbonyl (C=O) groups excluding carboxylic acids is 1. The van der Waals surface area contributed by atoms with E-state index in [1.165, 1.54) is 0 Å². The highest BCUT2D eigenvalue weighted by Gasteiger charge is 2.30. The lowest BCUT2D eigenvalue weighted by molar-refractivity contribution is 0.0767. The summed E-state index contributed by atoms with van der Waals surface area (Å²) in [6.45, 7) is 11.0. The Labute approximate surface area is 114 Å². The van der Waals surface area contributed by atoms with Crippen LogP contribution in [-0.4, -0.2) is 78.6 Å². The van der Waals surface area contributed by atoms with Gasteiger partial charge >= 0.3 is 6.03 Å². The van der Waals surface area contributed by atoms with Crippen molar-refractivity contribution in [3.05, 3.63) is 0 Å². The van der Waals surface area contributed by atoms with Gasteiger partial charge in [-0.1, -0.05) is 0 Å². The average Bonchev–Trinajstić information content (AvgIpc) is 2.82. The van der Waals surface area contributed by atoms with E-state index >= 15 is 0 Å². The molecule has 0 spiro atoms. The number of urea groups is 1. The highest BCUT2D eigenvalue weighted by molar-refractivity contribution is 5.76. The fraction of sp³-hybridized carbons (Fsp3) is 0.846. The first-order valence-corrected chi connectivity index (χ1v) is 6.94. The van der Waals surface area contributed by atoms with Crippen LogP contribution >= 0.6 is 0 Å². The number of rotatable bonds is 4. The summed E-state index contributed by atoms with van der Waals surface area (Å²) in [6.07, 6.45) is 0. The topological polar surface area (TPSA) is 62.6 Å². The molecule has 6 nitrogen and oxygen atoms in total. The molecule has 0 bridgehead atoms. The van der Waals surface area contributed by atoms with Gasteiger partial charge in [-0.25, -0.2) is 4.79 Å². The van der Waals surface area contributed by atoms with Crippen LogP contribution in [0.4, 0.5) is 4.79 Å². The third-order valence-electron chi connectivity index (χ3n) is 4.07. The number of nitrogens with one attached hydrogen (secondary N) is 1. The molecule has 1 N–H and O–H groups in total. The highest BCUT2D eigenvalue weighted by Crippen LogP contribution is 2.15. The van der Waals surface area contributed by atoms with E-state index in [0.29, 0.717) is 0 Å². The molecular weight excluding hydrogens is 242 g/mol. The molecule has 2 heterocycles. The average molecular weight is 265 g/mol. The van der Waals surface area contributed by atoms with Gasteiger partial charge in [0.2, 0.25) is 0 Å². The van der Waals surface area contributed by atoms with Gasteiger partial charge in [0.25, 0.3) is 0 Å². The molecule has 2 aliphatic rings. The minimum absolute atomic E-state index is 0.0595. The van der Waals surface area contributed by atoms with Crippen molar-refractivity contribution in [1.29, 1.82) is 5.26 Å². The van der Waals surface area contributed by atoms with Crippen LogP contribution in [0.15, 0.2) is 0 Å². The van der Waals surface area contributed by atoms with E-state index in [1.807, 2.05) is 18.7 Å². The van der Waals surface area contributed by atoms with Crippen LogP contribution < -0.4 is 5.32 Å². The molecule has 0 saturated carbocycles. The second-order valence-corrected chi connectivity index (χ2v) is 5.72. The molecule has 0 aromatic rings. The molecule has 0 unspecified atom stereocenters. The summed E-state index contributed by atoms with van der Waals surface area (Å²) in [5.41, 5.74) is -0.374. The second-order valence-electron chi connectivity index (χ2n) is 5.72. The highest BCUT2D eigenvalue weighted by atomic mass is 16.2. The molecule has 0 radical (unpaired) electrons. The van der Waals surface area contributed by atoms with Crippen molar-refractivity contribution < 1.29 is 4.79 Å². The zero-order valence-corrected chi connectivity index (χ0v) is 11.9. The standard InChI is InChI=1S/C13H23N5O/c1-13(2,11-14)18-9-6-16(7-10-18)5-8-17-4-3-15-12(17)19/h3-10H2,1-2H3,(H,15,19). The largest absolute Gasteiger partial charge is 0.336 e. The van der Waals surface area contributed by atoms with Crippen molar-refractivity contribution in [3.63, 3.8) is 0 Å². The van der Waals surface area contributed by atoms with Crippen LogP contribution in [0.3, 0.4) is 0 Å². The molecule has 0 aromatic carbocycles. The zero-order chi connectivity index (χ0) is 13.9. The summed E-state index contributed by atoms with van der Waals surface area (Å²) in [5, 5.41) is 11.9. The SMILES string of the molecule is CC(C)(C#N)N1CCN(CCN2CCNC2=O)CC1. The lowest BCUT2D eigenvalue weighted by Crippen LogP contribution is -2.55. The van der Waals surface area contributed by atoms with Crippen molar-refractivity contribution in [1.82, 2.24) is 20.0 Å². The maximum atomic E-state index is 11.4. The predicted octanol–water partition coefficient (Wildman–Crippen LogP) is -0.0686. The lowest BCUT2D eigenvalue weighted by atomic mass is 10.0. The van der Waals surface area contributed by atoms with Crippen LogP contribution in [0, 0.1) is 11.3 Å². The van der Waals surface area contributed by atoms with E-state index in [9.17, 15) is 4.79 Å². The molecule has 6 heteroatoms. The van der Waals surface area contributed by atoms with Crippen molar-refractivity contribution in [2.75, 3.05) is 52.4 Å². The summed E-state index contributed by atoms with van der Waals surface area (Å²) >= 11 is 0. The number of carbonyl (C=O) groups is 1. The molecule has 2 saturated heterocycles. The van der Waals surface area contributed by atoms with Crippen molar-refractivity contribution >= 4 is 6.03 Å². The third-order valence-corrected chi connectivity index (χ3v) is 4.07. The Balaban J connectivity index is 1.72. The first-order chi connectivity index (χ1) is 9.03. The number of nitriles is 1. The Kier molecular flexibility index (Phi) is 4.27. The first-order valence-electron chi connectivity index (χ1n) is 6.94. The zero-order valence-electron chi connectivity index (χ0n) is 11.9. The summed E-state index contributed by atoms with van der Waals surface area (Å²) in [6, 6.07) is 2.41. The van der Waals surface area contributed by atoms with Gasteiger partial charge in [-0.15, -0.1) is 0 Å². The smallest absolute Gasteiger partial charge is 0.317 e. The summed E-state index contributed by atoms with van der Waals surface area (Å²) in [5.74, 6) is 0. The van der Waals surface area contributed by atoms with Crippen molar-refractivity contribution in [3.8, 4) is 6.07 Å². The van der Waals surface area contributed by atoms with Gasteiger partial charge < -0.3 is 10.2 Å². The molecule has 0 aromatic heterocycles. The quantitative estimate of drug-likeness (QED) is 0.773. The van der Waals surface area contributed by atoms with Gasteiger partial charge in [-0.2, -0.15) is 5.26 Å². The Hall–Kier alpha value is -1.32. The van der Waals surface area contributed by atoms with Crippen molar-refractivity contribution in [2.24, 2.45) is 0 Å². The van der Waals surface area contributed by atoms with Gasteiger partial charge in [0.05, 0.1) is 6.07 Å². The van der Waals surface area contributed by atoms with E-state index in [2.05, 4.69) is 21.2 Å². The Bertz CT molecular complexity index is 368. The monoisotopic (exact) mass is 265 g/mol. The molecule has 2 rings (SSSR count). The van der Waals surface area contributed by atoms with Gasteiger partial charge in [0.15, 0.2) is 0 Å². The predicted molar refractivity (Wildman–Crippen MR) is 72.7 cm³/mol. The van der Waals surface area contributed by atoms with Gasteiger partial charge in [-0.3, -0.25) is 9.80 Å². The Morgan fingerprint density at radius 3 is 2.42 bits per heavy atom. The number of amides is 2. The van der Waals surface area contributed by atoms with E-state index < -0.39 is 0 Å². The van der Waals surface area contributed by atoms with E-state index in [-0.39, 0.29) is 11.6 Å². The van der Waals surface area contributed by atoms with Gasteiger partial charge in [-0.05, 0) is 13.8 Å². The Morgan fingerprint density at radius 1 is 1.21 bits per heavy atom. The van der Waals surface area contributed by atoms with Crippen LogP contribution in [0.2, 0.25) is 0 Å². The van der Waals surface area contributed by atoms with Crippen LogP contribution in [0.25, 0.3) is 0 Å². The molecule has 2 amide bonds. The van der Waals surface area contributed by atoms with Crippen LogP contribution in [0.1, 0.15) is 13.8 Å². The van der Waals surface area contributed by atoms with Gasteiger partial charge in [0, 0.05) is 52.4 Å². The number of hydrogen-bond acceptors (Lipinski definition) is 4. The first kappa shape index (κ1) is 14.1. The maximum Gasteiger partial charge on any atom is 0.317 e. The summed E-state index contributed by atoms with van der Waals surface area (Å²) in [4.78, 5) is 17.9. The van der Waals surface area contributed by atoms with Crippen molar-refractivity contribution in [2.45, 2.75) is 19.4 Å². The molecular formula is C13H23N5O. The van der Waals surface area contributed by atoms with E-state index in [0.717, 1.165) is 52.4 Å². The molecule has 106 valence electrons. The number of piperazine rings is 1. The lowest BCUT2D eigenvalue weighted by Gasteiger charge is -2.40. The molecule has 2 aliphatic heterocycles. The number of hydrogen-bond donors (Lipinski definition) is 1. The van der Waals surface area contributed by atoms with E-state index in [1.54, 1.807) is 0 Å².